The highest BCUT2D eigenvalue weighted by atomic mass is 16.5. The maximum Gasteiger partial charge on any atom is 0.146 e. The summed E-state index contributed by atoms with van der Waals surface area (Å²) >= 11 is 0. The van der Waals surface area contributed by atoms with Crippen molar-refractivity contribution >= 4 is 16.7 Å². The van der Waals surface area contributed by atoms with Gasteiger partial charge in [0.1, 0.15) is 18.2 Å². The van der Waals surface area contributed by atoms with E-state index in [0.717, 1.165) is 22.6 Å². The summed E-state index contributed by atoms with van der Waals surface area (Å²) in [6.45, 7) is 0.373. The van der Waals surface area contributed by atoms with Crippen LogP contribution < -0.4 is 10.5 Å². The van der Waals surface area contributed by atoms with Crippen LogP contribution in [0.1, 0.15) is 5.82 Å². The minimum absolute atomic E-state index is 0.373. The van der Waals surface area contributed by atoms with E-state index in [1.165, 1.54) is 0 Å². The summed E-state index contributed by atoms with van der Waals surface area (Å²) in [6.07, 6.45) is 3.46. The molecule has 0 bridgehead atoms. The maximum atomic E-state index is 5.68. The summed E-state index contributed by atoms with van der Waals surface area (Å²) in [5.41, 5.74) is 8.15. The molecule has 2 heterocycles. The van der Waals surface area contributed by atoms with Crippen LogP contribution in [0, 0.1) is 0 Å². The van der Waals surface area contributed by atoms with Crippen LogP contribution in [0.4, 0.5) is 5.69 Å². The molecule has 0 unspecified atom stereocenters. The van der Waals surface area contributed by atoms with Crippen LogP contribution in [-0.2, 0) is 6.61 Å². The molecule has 0 aliphatic rings. The number of fused-ring (bicyclic) bond motifs is 1. The first-order valence-electron chi connectivity index (χ1n) is 5.58. The lowest BCUT2D eigenvalue weighted by Crippen LogP contribution is -1.97. The average Bonchev–Trinajstić information content (AvgIpc) is 2.79. The van der Waals surface area contributed by atoms with Crippen LogP contribution in [0.15, 0.2) is 42.7 Å². The number of nitrogens with one attached hydrogen (secondary N) is 1. The minimum atomic E-state index is 0.373. The highest BCUT2D eigenvalue weighted by molar-refractivity contribution is 5.73. The van der Waals surface area contributed by atoms with E-state index < -0.39 is 0 Å². The fraction of sp³-hybridized carbons (Fsp3) is 0.0769. The molecule has 0 aliphatic carbocycles. The Morgan fingerprint density at radius 3 is 3.06 bits per heavy atom. The van der Waals surface area contributed by atoms with Crippen LogP contribution in [0.2, 0.25) is 0 Å². The average molecular weight is 240 g/mol. The van der Waals surface area contributed by atoms with Crippen LogP contribution in [0.3, 0.4) is 0 Å². The maximum absolute atomic E-state index is 5.68. The van der Waals surface area contributed by atoms with E-state index in [2.05, 4.69) is 15.0 Å². The van der Waals surface area contributed by atoms with Crippen molar-refractivity contribution in [2.45, 2.75) is 6.61 Å². The summed E-state index contributed by atoms with van der Waals surface area (Å²) in [4.78, 5) is 11.6. The van der Waals surface area contributed by atoms with Gasteiger partial charge in [-0.1, -0.05) is 6.07 Å². The van der Waals surface area contributed by atoms with Crippen molar-refractivity contribution in [1.29, 1.82) is 0 Å². The molecule has 3 rings (SSSR count). The zero-order valence-electron chi connectivity index (χ0n) is 9.63. The van der Waals surface area contributed by atoms with Crippen LogP contribution >= 0.6 is 0 Å². The summed E-state index contributed by atoms with van der Waals surface area (Å²) in [5, 5.41) is 0. The van der Waals surface area contributed by atoms with Gasteiger partial charge in [-0.2, -0.15) is 0 Å². The van der Waals surface area contributed by atoms with E-state index in [9.17, 15) is 0 Å². The third-order valence-corrected chi connectivity index (χ3v) is 2.57. The fourth-order valence-electron chi connectivity index (χ4n) is 1.73. The molecule has 5 nitrogen and oxygen atoms in total. The summed E-state index contributed by atoms with van der Waals surface area (Å²) in [6, 6.07) is 9.17. The second-order valence-corrected chi connectivity index (χ2v) is 3.94. The highest BCUT2D eigenvalue weighted by Crippen LogP contribution is 2.16. The lowest BCUT2D eigenvalue weighted by molar-refractivity contribution is 0.297. The lowest BCUT2D eigenvalue weighted by atomic mass is 10.3. The van der Waals surface area contributed by atoms with Crippen molar-refractivity contribution in [3.63, 3.8) is 0 Å². The van der Waals surface area contributed by atoms with E-state index in [0.29, 0.717) is 12.3 Å². The number of ether oxygens (including phenoxy) is 1. The molecule has 0 radical (unpaired) electrons. The molecule has 5 heteroatoms. The number of anilines is 1. The van der Waals surface area contributed by atoms with Gasteiger partial charge in [-0.05, 0) is 18.2 Å². The molecule has 0 saturated heterocycles. The zero-order valence-corrected chi connectivity index (χ0v) is 9.63. The van der Waals surface area contributed by atoms with E-state index in [1.807, 2.05) is 24.3 Å². The Labute approximate surface area is 104 Å². The molecule has 1 aromatic carbocycles. The Morgan fingerprint density at radius 1 is 1.28 bits per heavy atom. The van der Waals surface area contributed by atoms with Crippen LogP contribution in [0.25, 0.3) is 11.0 Å². The molecule has 0 saturated carbocycles. The van der Waals surface area contributed by atoms with E-state index in [4.69, 9.17) is 10.5 Å². The van der Waals surface area contributed by atoms with Gasteiger partial charge in [0, 0.05) is 18.0 Å². The fourth-order valence-corrected chi connectivity index (χ4v) is 1.73. The first-order valence-corrected chi connectivity index (χ1v) is 5.58. The first kappa shape index (κ1) is 10.6. The van der Waals surface area contributed by atoms with Gasteiger partial charge in [0.2, 0.25) is 0 Å². The van der Waals surface area contributed by atoms with E-state index >= 15 is 0 Å². The molecular weight excluding hydrogens is 228 g/mol. The second kappa shape index (κ2) is 4.37. The monoisotopic (exact) mass is 240 g/mol. The predicted molar refractivity (Wildman–Crippen MR) is 69.1 cm³/mol. The molecule has 3 N–H and O–H groups in total. The van der Waals surface area contributed by atoms with Gasteiger partial charge in [-0.25, -0.2) is 4.98 Å². The Kier molecular flexibility index (Phi) is 2.57. The van der Waals surface area contributed by atoms with Crippen molar-refractivity contribution in [3.8, 4) is 5.75 Å². The SMILES string of the molecule is Nc1cccc(OCc2nc3ccncc3[nH]2)c1. The number of aromatic amines is 1. The number of benzene rings is 1. The third-order valence-electron chi connectivity index (χ3n) is 2.57. The largest absolute Gasteiger partial charge is 0.486 e. The zero-order chi connectivity index (χ0) is 12.4. The Bertz CT molecular complexity index is 644. The molecule has 0 atom stereocenters. The number of pyridine rings is 1. The standard InChI is InChI=1S/C13H12N4O/c14-9-2-1-3-10(6-9)18-8-13-16-11-4-5-15-7-12(11)17-13/h1-7H,8,14H2,(H,16,17). The van der Waals surface area contributed by atoms with Gasteiger partial charge in [-0.3, -0.25) is 4.98 Å². The van der Waals surface area contributed by atoms with E-state index in [1.54, 1.807) is 18.5 Å². The van der Waals surface area contributed by atoms with Gasteiger partial charge in [-0.15, -0.1) is 0 Å². The summed E-state index contributed by atoms with van der Waals surface area (Å²) in [5.74, 6) is 1.49. The molecule has 0 amide bonds. The number of nitrogens with zero attached hydrogens (tertiary/aromatic N) is 2. The number of H-pyrrole nitrogens is 1. The number of aromatic nitrogens is 3. The summed E-state index contributed by atoms with van der Waals surface area (Å²) < 4.78 is 5.61. The van der Waals surface area contributed by atoms with Crippen molar-refractivity contribution in [2.24, 2.45) is 0 Å². The molecule has 18 heavy (non-hydrogen) atoms. The minimum Gasteiger partial charge on any atom is -0.486 e. The number of nitrogen functional groups attached to an aromatic ring is 1. The molecule has 0 aliphatic heterocycles. The number of hydrogen-bond acceptors (Lipinski definition) is 4. The topological polar surface area (TPSA) is 76.8 Å². The van der Waals surface area contributed by atoms with Crippen molar-refractivity contribution in [3.05, 3.63) is 48.5 Å². The Morgan fingerprint density at radius 2 is 2.22 bits per heavy atom. The number of imidazole rings is 1. The van der Waals surface area contributed by atoms with E-state index in [-0.39, 0.29) is 0 Å². The molecule has 3 aromatic rings. The Hall–Kier alpha value is -2.56. The lowest BCUT2D eigenvalue weighted by Gasteiger charge is -2.04. The van der Waals surface area contributed by atoms with Gasteiger partial charge in [0.15, 0.2) is 0 Å². The predicted octanol–water partition coefficient (Wildman–Crippen LogP) is 2.12. The summed E-state index contributed by atoms with van der Waals surface area (Å²) in [7, 11) is 0. The molecular formula is C13H12N4O. The molecule has 90 valence electrons. The van der Waals surface area contributed by atoms with Crippen LogP contribution in [-0.4, -0.2) is 15.0 Å². The molecule has 0 spiro atoms. The van der Waals surface area contributed by atoms with Crippen molar-refractivity contribution in [2.75, 3.05) is 5.73 Å². The number of hydrogen-bond donors (Lipinski definition) is 2. The molecule has 0 fully saturated rings. The molecule has 2 aromatic heterocycles. The van der Waals surface area contributed by atoms with Gasteiger partial charge in [0.25, 0.3) is 0 Å². The normalized spacial score (nSPS) is 10.7. The second-order valence-electron chi connectivity index (χ2n) is 3.94. The smallest absolute Gasteiger partial charge is 0.146 e. The van der Waals surface area contributed by atoms with Crippen molar-refractivity contribution in [1.82, 2.24) is 15.0 Å². The quantitative estimate of drug-likeness (QED) is 0.687. The third kappa shape index (κ3) is 2.10. The number of rotatable bonds is 3. The highest BCUT2D eigenvalue weighted by Gasteiger charge is 2.03. The van der Waals surface area contributed by atoms with Gasteiger partial charge >= 0.3 is 0 Å². The number of nitrogens with two attached hydrogens (primary N) is 1. The first-order chi connectivity index (χ1) is 8.81. The Balaban J connectivity index is 1.76. The van der Waals surface area contributed by atoms with Gasteiger partial charge in [0.05, 0.1) is 17.2 Å². The van der Waals surface area contributed by atoms with Crippen LogP contribution in [0.5, 0.6) is 5.75 Å². The van der Waals surface area contributed by atoms with Gasteiger partial charge < -0.3 is 15.5 Å². The van der Waals surface area contributed by atoms with Crippen molar-refractivity contribution < 1.29 is 4.74 Å².